The molecule has 0 saturated heterocycles. The number of ether oxygens (including phenoxy) is 1. The van der Waals surface area contributed by atoms with Crippen molar-refractivity contribution >= 4 is 40.8 Å². The van der Waals surface area contributed by atoms with Crippen LogP contribution in [-0.2, 0) is 17.8 Å². The van der Waals surface area contributed by atoms with Crippen LogP contribution in [0.15, 0.2) is 36.4 Å². The van der Waals surface area contributed by atoms with E-state index in [4.69, 9.17) is 44.6 Å². The number of halogens is 3. The number of benzene rings is 2. The van der Waals surface area contributed by atoms with Gasteiger partial charge in [0, 0.05) is 6.42 Å². The second-order valence-corrected chi connectivity index (χ2v) is 5.92. The SMILES string of the molecule is O=C(O)CCc1ccc(OCc2ccc(Cl)c(Cl)c2)c(Cl)c1. The molecule has 2 aromatic rings. The third-order valence-electron chi connectivity index (χ3n) is 3.00. The molecule has 0 atom stereocenters. The maximum Gasteiger partial charge on any atom is 0.303 e. The Morgan fingerprint density at radius 2 is 1.64 bits per heavy atom. The highest BCUT2D eigenvalue weighted by atomic mass is 35.5. The topological polar surface area (TPSA) is 46.5 Å². The number of hydrogen-bond acceptors (Lipinski definition) is 2. The highest BCUT2D eigenvalue weighted by Gasteiger charge is 2.06. The van der Waals surface area contributed by atoms with Crippen LogP contribution in [0.2, 0.25) is 15.1 Å². The molecule has 0 aromatic heterocycles. The zero-order valence-corrected chi connectivity index (χ0v) is 13.8. The lowest BCUT2D eigenvalue weighted by atomic mass is 10.1. The fraction of sp³-hybridized carbons (Fsp3) is 0.188. The number of carboxylic acids is 1. The van der Waals surface area contributed by atoms with Gasteiger partial charge in [-0.2, -0.15) is 0 Å². The zero-order valence-electron chi connectivity index (χ0n) is 11.5. The van der Waals surface area contributed by atoms with E-state index in [0.717, 1.165) is 11.1 Å². The smallest absolute Gasteiger partial charge is 0.303 e. The van der Waals surface area contributed by atoms with Crippen LogP contribution < -0.4 is 4.74 Å². The van der Waals surface area contributed by atoms with Crippen molar-refractivity contribution in [2.24, 2.45) is 0 Å². The van der Waals surface area contributed by atoms with E-state index in [1.54, 1.807) is 30.3 Å². The molecule has 0 radical (unpaired) electrons. The van der Waals surface area contributed by atoms with Gasteiger partial charge in [-0.1, -0.05) is 46.9 Å². The molecule has 2 aromatic carbocycles. The number of aryl methyl sites for hydroxylation is 1. The maximum atomic E-state index is 10.6. The highest BCUT2D eigenvalue weighted by Crippen LogP contribution is 2.28. The Morgan fingerprint density at radius 1 is 0.955 bits per heavy atom. The van der Waals surface area contributed by atoms with Crippen LogP contribution in [0.4, 0.5) is 0 Å². The second-order valence-electron chi connectivity index (χ2n) is 4.70. The summed E-state index contributed by atoms with van der Waals surface area (Å²) in [6, 6.07) is 10.5. The Morgan fingerprint density at radius 3 is 2.27 bits per heavy atom. The van der Waals surface area contributed by atoms with Crippen LogP contribution in [0.1, 0.15) is 17.5 Å². The Labute approximate surface area is 143 Å². The summed E-state index contributed by atoms with van der Waals surface area (Å²) >= 11 is 18.0. The average molecular weight is 360 g/mol. The van der Waals surface area contributed by atoms with E-state index in [0.29, 0.717) is 33.8 Å². The Balaban J connectivity index is 2.00. The molecule has 116 valence electrons. The summed E-state index contributed by atoms with van der Waals surface area (Å²) in [6.45, 7) is 0.311. The van der Waals surface area contributed by atoms with Crippen molar-refractivity contribution in [1.82, 2.24) is 0 Å². The molecule has 0 bridgehead atoms. The summed E-state index contributed by atoms with van der Waals surface area (Å²) in [5, 5.41) is 10.1. The summed E-state index contributed by atoms with van der Waals surface area (Å²) in [6.07, 6.45) is 0.502. The quantitative estimate of drug-likeness (QED) is 0.767. The monoisotopic (exact) mass is 358 g/mol. The van der Waals surface area contributed by atoms with Crippen LogP contribution in [0.5, 0.6) is 5.75 Å². The van der Waals surface area contributed by atoms with Gasteiger partial charge in [-0.15, -0.1) is 0 Å². The van der Waals surface area contributed by atoms with E-state index in [-0.39, 0.29) is 6.42 Å². The van der Waals surface area contributed by atoms with Crippen LogP contribution in [0.3, 0.4) is 0 Å². The van der Waals surface area contributed by atoms with Crippen LogP contribution in [0, 0.1) is 0 Å². The molecule has 2 rings (SSSR count). The molecule has 6 heteroatoms. The van der Waals surface area contributed by atoms with E-state index in [1.165, 1.54) is 0 Å². The summed E-state index contributed by atoms with van der Waals surface area (Å²) in [5.41, 5.74) is 1.73. The van der Waals surface area contributed by atoms with Crippen LogP contribution in [0.25, 0.3) is 0 Å². The summed E-state index contributed by atoms with van der Waals surface area (Å²) < 4.78 is 5.65. The predicted molar refractivity (Wildman–Crippen MR) is 88.2 cm³/mol. The molecule has 0 fully saturated rings. The van der Waals surface area contributed by atoms with Gasteiger partial charge in [0.2, 0.25) is 0 Å². The lowest BCUT2D eigenvalue weighted by Crippen LogP contribution is -1.99. The molecule has 0 amide bonds. The lowest BCUT2D eigenvalue weighted by molar-refractivity contribution is -0.136. The fourth-order valence-corrected chi connectivity index (χ4v) is 2.44. The van der Waals surface area contributed by atoms with Gasteiger partial charge < -0.3 is 9.84 Å². The molecular formula is C16H13Cl3O3. The van der Waals surface area contributed by atoms with Gasteiger partial charge in [-0.3, -0.25) is 4.79 Å². The molecule has 0 aliphatic rings. The molecule has 0 unspecified atom stereocenters. The Bertz CT molecular complexity index is 686. The fourth-order valence-electron chi connectivity index (χ4n) is 1.86. The van der Waals surface area contributed by atoms with Crippen molar-refractivity contribution in [3.05, 3.63) is 62.6 Å². The van der Waals surface area contributed by atoms with Crippen molar-refractivity contribution in [3.63, 3.8) is 0 Å². The number of carboxylic acid groups (broad SMARTS) is 1. The Hall–Kier alpha value is -1.42. The summed E-state index contributed by atoms with van der Waals surface area (Å²) in [7, 11) is 0. The first kappa shape index (κ1) is 16.9. The van der Waals surface area contributed by atoms with Crippen molar-refractivity contribution in [2.75, 3.05) is 0 Å². The van der Waals surface area contributed by atoms with E-state index in [1.807, 2.05) is 6.07 Å². The molecule has 0 aliphatic heterocycles. The maximum absolute atomic E-state index is 10.6. The summed E-state index contributed by atoms with van der Waals surface area (Å²) in [4.78, 5) is 10.6. The average Bonchev–Trinajstić information content (AvgIpc) is 2.47. The first-order valence-corrected chi connectivity index (χ1v) is 7.66. The highest BCUT2D eigenvalue weighted by molar-refractivity contribution is 6.42. The third-order valence-corrected chi connectivity index (χ3v) is 4.04. The third kappa shape index (κ3) is 4.80. The Kier molecular flexibility index (Phi) is 5.95. The van der Waals surface area contributed by atoms with Crippen molar-refractivity contribution in [1.29, 1.82) is 0 Å². The molecule has 0 aliphatic carbocycles. The van der Waals surface area contributed by atoms with Gasteiger partial charge in [0.25, 0.3) is 0 Å². The molecule has 0 saturated carbocycles. The minimum atomic E-state index is -0.837. The predicted octanol–water partition coefficient (Wildman–Crippen LogP) is 5.24. The van der Waals surface area contributed by atoms with Gasteiger partial charge in [-0.05, 0) is 41.8 Å². The standard InChI is InChI=1S/C16H13Cl3O3/c17-12-4-1-11(8-13(12)18)9-22-15-5-2-10(7-14(15)19)3-6-16(20)21/h1-2,4-5,7-8H,3,6,9H2,(H,20,21). The van der Waals surface area contributed by atoms with Crippen molar-refractivity contribution in [2.45, 2.75) is 19.4 Å². The number of rotatable bonds is 6. The largest absolute Gasteiger partial charge is 0.487 e. The van der Waals surface area contributed by atoms with E-state index >= 15 is 0 Å². The number of carbonyl (C=O) groups is 1. The van der Waals surface area contributed by atoms with Crippen molar-refractivity contribution in [3.8, 4) is 5.75 Å². The minimum absolute atomic E-state index is 0.0693. The second kappa shape index (κ2) is 7.73. The van der Waals surface area contributed by atoms with Gasteiger partial charge in [0.05, 0.1) is 15.1 Å². The van der Waals surface area contributed by atoms with E-state index < -0.39 is 5.97 Å². The molecular weight excluding hydrogens is 347 g/mol. The summed E-state index contributed by atoms with van der Waals surface area (Å²) in [5.74, 6) is -0.303. The van der Waals surface area contributed by atoms with E-state index in [9.17, 15) is 4.79 Å². The minimum Gasteiger partial charge on any atom is -0.487 e. The van der Waals surface area contributed by atoms with Gasteiger partial charge in [0.1, 0.15) is 12.4 Å². The molecule has 1 N–H and O–H groups in total. The zero-order chi connectivity index (χ0) is 16.1. The van der Waals surface area contributed by atoms with Crippen LogP contribution in [-0.4, -0.2) is 11.1 Å². The van der Waals surface area contributed by atoms with Crippen LogP contribution >= 0.6 is 34.8 Å². The van der Waals surface area contributed by atoms with Gasteiger partial charge in [0.15, 0.2) is 0 Å². The van der Waals surface area contributed by atoms with E-state index in [2.05, 4.69) is 0 Å². The lowest BCUT2D eigenvalue weighted by Gasteiger charge is -2.10. The number of hydrogen-bond donors (Lipinski definition) is 1. The van der Waals surface area contributed by atoms with Gasteiger partial charge >= 0.3 is 5.97 Å². The number of aliphatic carboxylic acids is 1. The van der Waals surface area contributed by atoms with Crippen molar-refractivity contribution < 1.29 is 14.6 Å². The molecule has 0 spiro atoms. The molecule has 3 nitrogen and oxygen atoms in total. The normalized spacial score (nSPS) is 10.5. The van der Waals surface area contributed by atoms with Gasteiger partial charge in [-0.25, -0.2) is 0 Å². The molecule has 22 heavy (non-hydrogen) atoms. The first-order valence-electron chi connectivity index (χ1n) is 6.52. The first-order chi connectivity index (χ1) is 10.5. The molecule has 0 heterocycles.